The molecule has 0 amide bonds. The third-order valence-electron chi connectivity index (χ3n) is 2.53. The minimum absolute atomic E-state index is 0.0720. The first-order valence-corrected chi connectivity index (χ1v) is 5.31. The van der Waals surface area contributed by atoms with Crippen molar-refractivity contribution in [2.24, 2.45) is 0 Å². The lowest BCUT2D eigenvalue weighted by atomic mass is 10.1. The Kier molecular flexibility index (Phi) is 4.45. The van der Waals surface area contributed by atoms with Gasteiger partial charge in [0.15, 0.2) is 0 Å². The smallest absolute Gasteiger partial charge is 0.341 e. The van der Waals surface area contributed by atoms with Gasteiger partial charge in [0.05, 0.1) is 12.2 Å². The Morgan fingerprint density at radius 2 is 2.24 bits per heavy atom. The lowest BCUT2D eigenvalue weighted by Gasteiger charge is -2.22. The number of aromatic carboxylic acids is 1. The summed E-state index contributed by atoms with van der Waals surface area (Å²) in [5, 5.41) is 8.93. The van der Waals surface area contributed by atoms with E-state index in [1.54, 1.807) is 13.2 Å². The van der Waals surface area contributed by atoms with Gasteiger partial charge in [0.2, 0.25) is 0 Å². The number of pyridine rings is 1. The maximum atomic E-state index is 10.9. The standard InChI is InChI=1S/C12H17NO4/c1-12(2,16-3)5-7-17-10-4-6-13-8-9(10)11(14)15/h4,6,8H,5,7H2,1-3H3,(H,14,15). The van der Waals surface area contributed by atoms with Crippen LogP contribution in [0.5, 0.6) is 5.75 Å². The van der Waals surface area contributed by atoms with Crippen molar-refractivity contribution < 1.29 is 19.4 Å². The normalized spacial score (nSPS) is 11.2. The topological polar surface area (TPSA) is 68.7 Å². The van der Waals surface area contributed by atoms with Crippen LogP contribution >= 0.6 is 0 Å². The summed E-state index contributed by atoms with van der Waals surface area (Å²) in [7, 11) is 1.63. The molecular weight excluding hydrogens is 222 g/mol. The largest absolute Gasteiger partial charge is 0.492 e. The van der Waals surface area contributed by atoms with E-state index >= 15 is 0 Å². The van der Waals surface area contributed by atoms with Crippen molar-refractivity contribution in [3.05, 3.63) is 24.0 Å². The summed E-state index contributed by atoms with van der Waals surface area (Å²) >= 11 is 0. The molecule has 5 nitrogen and oxygen atoms in total. The summed E-state index contributed by atoms with van der Waals surface area (Å²) in [6.07, 6.45) is 3.45. The van der Waals surface area contributed by atoms with Crippen LogP contribution in [0.2, 0.25) is 0 Å². The first-order valence-electron chi connectivity index (χ1n) is 5.31. The Morgan fingerprint density at radius 1 is 1.53 bits per heavy atom. The van der Waals surface area contributed by atoms with Crippen molar-refractivity contribution in [1.29, 1.82) is 0 Å². The number of ether oxygens (including phenoxy) is 2. The molecule has 0 aliphatic heterocycles. The number of carboxylic acids is 1. The van der Waals surface area contributed by atoms with Crippen molar-refractivity contribution in [3.63, 3.8) is 0 Å². The molecule has 0 fully saturated rings. The molecule has 0 spiro atoms. The quantitative estimate of drug-likeness (QED) is 0.822. The van der Waals surface area contributed by atoms with E-state index in [0.29, 0.717) is 18.8 Å². The van der Waals surface area contributed by atoms with Crippen LogP contribution in [0.4, 0.5) is 0 Å². The van der Waals surface area contributed by atoms with Gasteiger partial charge in [-0.15, -0.1) is 0 Å². The van der Waals surface area contributed by atoms with Gasteiger partial charge in [-0.25, -0.2) is 4.79 Å². The average molecular weight is 239 g/mol. The predicted molar refractivity (Wildman–Crippen MR) is 62.4 cm³/mol. The molecule has 1 N–H and O–H groups in total. The number of methoxy groups -OCH3 is 1. The Morgan fingerprint density at radius 3 is 2.82 bits per heavy atom. The van der Waals surface area contributed by atoms with Crippen LogP contribution in [0, 0.1) is 0 Å². The third kappa shape index (κ3) is 4.03. The first-order chi connectivity index (χ1) is 7.96. The maximum Gasteiger partial charge on any atom is 0.341 e. The fraction of sp³-hybridized carbons (Fsp3) is 0.500. The van der Waals surface area contributed by atoms with Gasteiger partial charge in [-0.1, -0.05) is 0 Å². The van der Waals surface area contributed by atoms with Crippen molar-refractivity contribution in [2.45, 2.75) is 25.9 Å². The van der Waals surface area contributed by atoms with E-state index in [9.17, 15) is 4.79 Å². The van der Waals surface area contributed by atoms with E-state index < -0.39 is 5.97 Å². The van der Waals surface area contributed by atoms with Crippen LogP contribution in [0.1, 0.15) is 30.6 Å². The molecule has 0 aromatic carbocycles. The van der Waals surface area contributed by atoms with Crippen molar-refractivity contribution in [2.75, 3.05) is 13.7 Å². The highest BCUT2D eigenvalue weighted by atomic mass is 16.5. The predicted octanol–water partition coefficient (Wildman–Crippen LogP) is 1.97. The number of carboxylic acid groups (broad SMARTS) is 1. The minimum atomic E-state index is -1.04. The second-order valence-electron chi connectivity index (χ2n) is 4.24. The summed E-state index contributed by atoms with van der Waals surface area (Å²) < 4.78 is 10.7. The van der Waals surface area contributed by atoms with Crippen LogP contribution in [-0.4, -0.2) is 35.4 Å². The molecular formula is C12H17NO4. The second kappa shape index (κ2) is 5.63. The van der Waals surface area contributed by atoms with Crippen LogP contribution < -0.4 is 4.74 Å². The lowest BCUT2D eigenvalue weighted by molar-refractivity contribution is 0.00537. The van der Waals surface area contributed by atoms with E-state index in [1.165, 1.54) is 12.4 Å². The summed E-state index contributed by atoms with van der Waals surface area (Å²) in [6.45, 7) is 4.28. The van der Waals surface area contributed by atoms with Crippen LogP contribution in [0.15, 0.2) is 18.5 Å². The molecule has 5 heteroatoms. The number of aromatic nitrogens is 1. The third-order valence-corrected chi connectivity index (χ3v) is 2.53. The van der Waals surface area contributed by atoms with Gasteiger partial charge in [-0.05, 0) is 19.9 Å². The highest BCUT2D eigenvalue weighted by Crippen LogP contribution is 2.19. The van der Waals surface area contributed by atoms with Gasteiger partial charge in [0.25, 0.3) is 0 Å². The summed E-state index contributed by atoms with van der Waals surface area (Å²) in [5.74, 6) is -0.710. The van der Waals surface area contributed by atoms with Crippen LogP contribution in [-0.2, 0) is 4.74 Å². The van der Waals surface area contributed by atoms with Gasteiger partial charge in [-0.2, -0.15) is 0 Å². The Bertz CT molecular complexity index is 390. The molecule has 0 radical (unpaired) electrons. The molecule has 0 bridgehead atoms. The molecule has 17 heavy (non-hydrogen) atoms. The zero-order valence-corrected chi connectivity index (χ0v) is 10.3. The minimum Gasteiger partial charge on any atom is -0.492 e. The highest BCUT2D eigenvalue weighted by molar-refractivity contribution is 5.90. The Labute approximate surface area is 100 Å². The fourth-order valence-corrected chi connectivity index (χ4v) is 1.18. The summed E-state index contributed by atoms with van der Waals surface area (Å²) in [4.78, 5) is 14.6. The zero-order chi connectivity index (χ0) is 12.9. The van der Waals surface area contributed by atoms with Gasteiger partial charge >= 0.3 is 5.97 Å². The van der Waals surface area contributed by atoms with Gasteiger partial charge in [0.1, 0.15) is 11.3 Å². The molecule has 0 saturated heterocycles. The van der Waals surface area contributed by atoms with Gasteiger partial charge in [-0.3, -0.25) is 4.98 Å². The maximum absolute atomic E-state index is 10.9. The van der Waals surface area contributed by atoms with E-state index in [0.717, 1.165) is 0 Å². The molecule has 1 heterocycles. The first kappa shape index (κ1) is 13.4. The Hall–Kier alpha value is -1.62. The zero-order valence-electron chi connectivity index (χ0n) is 10.3. The monoisotopic (exact) mass is 239 g/mol. The molecule has 0 atom stereocenters. The summed E-state index contributed by atoms with van der Waals surface area (Å²) in [6, 6.07) is 1.54. The lowest BCUT2D eigenvalue weighted by Crippen LogP contribution is -2.25. The number of hydrogen-bond donors (Lipinski definition) is 1. The number of carbonyl (C=O) groups is 1. The second-order valence-corrected chi connectivity index (χ2v) is 4.24. The van der Waals surface area contributed by atoms with Crippen LogP contribution in [0.25, 0.3) is 0 Å². The van der Waals surface area contributed by atoms with Crippen molar-refractivity contribution in [3.8, 4) is 5.75 Å². The molecule has 0 saturated carbocycles. The van der Waals surface area contributed by atoms with E-state index in [4.69, 9.17) is 14.6 Å². The highest BCUT2D eigenvalue weighted by Gasteiger charge is 2.17. The Balaban J connectivity index is 2.61. The molecule has 1 aromatic heterocycles. The SMILES string of the molecule is COC(C)(C)CCOc1ccncc1C(=O)O. The van der Waals surface area contributed by atoms with Gasteiger partial charge < -0.3 is 14.6 Å². The number of rotatable bonds is 6. The molecule has 1 rings (SSSR count). The van der Waals surface area contributed by atoms with Crippen molar-refractivity contribution >= 4 is 5.97 Å². The fourth-order valence-electron chi connectivity index (χ4n) is 1.18. The number of nitrogens with zero attached hydrogens (tertiary/aromatic N) is 1. The van der Waals surface area contributed by atoms with Crippen molar-refractivity contribution in [1.82, 2.24) is 4.98 Å². The molecule has 94 valence electrons. The average Bonchev–Trinajstić information content (AvgIpc) is 2.29. The molecule has 0 aliphatic rings. The van der Waals surface area contributed by atoms with Crippen LogP contribution in [0.3, 0.4) is 0 Å². The van der Waals surface area contributed by atoms with E-state index in [2.05, 4.69) is 4.98 Å². The molecule has 0 aliphatic carbocycles. The molecule has 1 aromatic rings. The van der Waals surface area contributed by atoms with E-state index in [1.807, 2.05) is 13.8 Å². The van der Waals surface area contributed by atoms with E-state index in [-0.39, 0.29) is 11.2 Å². The van der Waals surface area contributed by atoms with Gasteiger partial charge in [0, 0.05) is 25.9 Å². The number of hydrogen-bond acceptors (Lipinski definition) is 4. The summed E-state index contributed by atoms with van der Waals surface area (Å²) in [5.41, 5.74) is -0.209. The molecule has 0 unspecified atom stereocenters.